The van der Waals surface area contributed by atoms with Crippen LogP contribution in [-0.4, -0.2) is 50.9 Å². The van der Waals surface area contributed by atoms with Gasteiger partial charge in [-0.2, -0.15) is 0 Å². The number of benzene rings is 1. The lowest BCUT2D eigenvalue weighted by Gasteiger charge is -2.34. The molecular weight excluding hydrogens is 362 g/mol. The standard InChI is InChI=1S/C23H21N5O/c29-22(28-11-10-27-23(14-28)6-7-23)17-5-9-24-20-4-3-15(12-18(17)20)19-13-26-21-16(19)2-1-8-25-21/h1-5,8-9,12-13,27H,6-7,10-11,14H2,(H,25,26). The molecule has 4 heterocycles. The van der Waals surface area contributed by atoms with Crippen LogP contribution >= 0.6 is 0 Å². The first-order valence-corrected chi connectivity index (χ1v) is 10.1. The molecule has 6 rings (SSSR count). The highest BCUT2D eigenvalue weighted by molar-refractivity contribution is 6.07. The Hall–Kier alpha value is -3.25. The fraction of sp³-hybridized carbons (Fsp3) is 0.261. The van der Waals surface area contributed by atoms with Crippen molar-refractivity contribution in [3.8, 4) is 11.1 Å². The van der Waals surface area contributed by atoms with E-state index in [9.17, 15) is 4.79 Å². The zero-order valence-electron chi connectivity index (χ0n) is 16.0. The number of rotatable bonds is 2. The Labute approximate surface area is 168 Å². The van der Waals surface area contributed by atoms with Crippen molar-refractivity contribution in [2.75, 3.05) is 19.6 Å². The topological polar surface area (TPSA) is 73.9 Å². The number of aromatic amines is 1. The summed E-state index contributed by atoms with van der Waals surface area (Å²) in [5.74, 6) is 0.0999. The Morgan fingerprint density at radius 2 is 2.00 bits per heavy atom. The van der Waals surface area contributed by atoms with Crippen LogP contribution in [0.2, 0.25) is 0 Å². The van der Waals surface area contributed by atoms with Crippen molar-refractivity contribution in [1.82, 2.24) is 25.2 Å². The molecule has 6 heteroatoms. The molecule has 1 saturated carbocycles. The fourth-order valence-electron chi connectivity index (χ4n) is 4.48. The molecule has 1 spiro atoms. The number of fused-ring (bicyclic) bond motifs is 2. The van der Waals surface area contributed by atoms with E-state index in [-0.39, 0.29) is 11.4 Å². The van der Waals surface area contributed by atoms with Crippen molar-refractivity contribution < 1.29 is 4.79 Å². The number of hydrogen-bond donors (Lipinski definition) is 2. The van der Waals surface area contributed by atoms with Gasteiger partial charge in [-0.05, 0) is 48.7 Å². The van der Waals surface area contributed by atoms with Gasteiger partial charge in [0, 0.05) is 60.1 Å². The van der Waals surface area contributed by atoms with Crippen molar-refractivity contribution in [2.45, 2.75) is 18.4 Å². The monoisotopic (exact) mass is 383 g/mol. The third kappa shape index (κ3) is 2.71. The lowest BCUT2D eigenvalue weighted by Crippen LogP contribution is -2.54. The zero-order chi connectivity index (χ0) is 19.4. The molecule has 0 bridgehead atoms. The first-order valence-electron chi connectivity index (χ1n) is 10.1. The molecule has 29 heavy (non-hydrogen) atoms. The maximum absolute atomic E-state index is 13.4. The van der Waals surface area contributed by atoms with Gasteiger partial charge in [0.1, 0.15) is 5.65 Å². The van der Waals surface area contributed by atoms with E-state index in [4.69, 9.17) is 0 Å². The molecule has 1 amide bonds. The van der Waals surface area contributed by atoms with Gasteiger partial charge >= 0.3 is 0 Å². The average Bonchev–Trinajstić information content (AvgIpc) is 3.36. The molecule has 0 unspecified atom stereocenters. The van der Waals surface area contributed by atoms with Crippen LogP contribution in [0.15, 0.2) is 55.0 Å². The molecule has 4 aromatic rings. The summed E-state index contributed by atoms with van der Waals surface area (Å²) in [5.41, 5.74) is 4.73. The maximum atomic E-state index is 13.4. The fourth-order valence-corrected chi connectivity index (χ4v) is 4.48. The number of hydrogen-bond acceptors (Lipinski definition) is 4. The van der Waals surface area contributed by atoms with Crippen LogP contribution in [0.1, 0.15) is 23.2 Å². The summed E-state index contributed by atoms with van der Waals surface area (Å²) in [6.07, 6.45) is 7.81. The van der Waals surface area contributed by atoms with E-state index in [1.165, 1.54) is 0 Å². The van der Waals surface area contributed by atoms with Crippen molar-refractivity contribution >= 4 is 27.8 Å². The van der Waals surface area contributed by atoms with Gasteiger partial charge in [0.15, 0.2) is 0 Å². The molecule has 2 N–H and O–H groups in total. The summed E-state index contributed by atoms with van der Waals surface area (Å²) in [5, 5.41) is 5.54. The van der Waals surface area contributed by atoms with E-state index in [0.717, 1.165) is 71.1 Å². The number of aromatic nitrogens is 3. The Balaban J connectivity index is 1.44. The number of nitrogens with zero attached hydrogens (tertiary/aromatic N) is 3. The van der Waals surface area contributed by atoms with E-state index in [1.807, 2.05) is 29.3 Å². The van der Waals surface area contributed by atoms with Gasteiger partial charge in [0.05, 0.1) is 11.1 Å². The minimum absolute atomic E-state index is 0.0999. The lowest BCUT2D eigenvalue weighted by molar-refractivity contribution is 0.0693. The SMILES string of the molecule is O=C(c1ccnc2ccc(-c3c[nH]c4ncccc34)cc12)N1CCNC2(CC2)C1. The minimum Gasteiger partial charge on any atom is -0.346 e. The molecule has 0 radical (unpaired) electrons. The Kier molecular flexibility index (Phi) is 3.52. The first-order chi connectivity index (χ1) is 14.2. The van der Waals surface area contributed by atoms with E-state index in [0.29, 0.717) is 0 Å². The van der Waals surface area contributed by atoms with E-state index in [1.54, 1.807) is 12.4 Å². The van der Waals surface area contributed by atoms with Crippen LogP contribution in [0.25, 0.3) is 33.1 Å². The quantitative estimate of drug-likeness (QED) is 0.557. The highest BCUT2D eigenvalue weighted by atomic mass is 16.2. The molecule has 1 aliphatic carbocycles. The zero-order valence-corrected chi connectivity index (χ0v) is 16.0. The molecule has 2 fully saturated rings. The van der Waals surface area contributed by atoms with Crippen LogP contribution in [0.3, 0.4) is 0 Å². The van der Waals surface area contributed by atoms with E-state index in [2.05, 4.69) is 38.5 Å². The minimum atomic E-state index is 0.0999. The van der Waals surface area contributed by atoms with Crippen LogP contribution in [0, 0.1) is 0 Å². The number of H-pyrrole nitrogens is 1. The largest absolute Gasteiger partial charge is 0.346 e. The second-order valence-corrected chi connectivity index (χ2v) is 8.13. The number of piperazine rings is 1. The van der Waals surface area contributed by atoms with Gasteiger partial charge in [-0.3, -0.25) is 9.78 Å². The van der Waals surface area contributed by atoms with E-state index < -0.39 is 0 Å². The normalized spacial score (nSPS) is 17.9. The summed E-state index contributed by atoms with van der Waals surface area (Å²) in [7, 11) is 0. The van der Waals surface area contributed by atoms with Gasteiger partial charge in [-0.25, -0.2) is 4.98 Å². The molecule has 1 aromatic carbocycles. The first kappa shape index (κ1) is 16.7. The highest BCUT2D eigenvalue weighted by Gasteiger charge is 2.46. The summed E-state index contributed by atoms with van der Waals surface area (Å²) in [4.78, 5) is 27.5. The van der Waals surface area contributed by atoms with Gasteiger partial charge < -0.3 is 15.2 Å². The summed E-state index contributed by atoms with van der Waals surface area (Å²) in [6, 6.07) is 12.0. The third-order valence-corrected chi connectivity index (χ3v) is 6.25. The third-order valence-electron chi connectivity index (χ3n) is 6.25. The molecule has 3 aromatic heterocycles. The van der Waals surface area contributed by atoms with Crippen LogP contribution in [-0.2, 0) is 0 Å². The number of pyridine rings is 2. The van der Waals surface area contributed by atoms with Gasteiger partial charge in [-0.15, -0.1) is 0 Å². The summed E-state index contributed by atoms with van der Waals surface area (Å²) >= 11 is 0. The highest BCUT2D eigenvalue weighted by Crippen LogP contribution is 2.38. The molecular formula is C23H21N5O. The molecule has 6 nitrogen and oxygen atoms in total. The summed E-state index contributed by atoms with van der Waals surface area (Å²) in [6.45, 7) is 2.41. The van der Waals surface area contributed by atoms with Gasteiger partial charge in [0.2, 0.25) is 0 Å². The lowest BCUT2D eigenvalue weighted by atomic mass is 10.00. The molecule has 2 aliphatic rings. The maximum Gasteiger partial charge on any atom is 0.254 e. The van der Waals surface area contributed by atoms with Gasteiger partial charge in [0.25, 0.3) is 5.91 Å². The second kappa shape index (κ2) is 6.12. The Bertz CT molecular complexity index is 1260. The molecule has 1 saturated heterocycles. The molecule has 144 valence electrons. The van der Waals surface area contributed by atoms with Crippen LogP contribution in [0.4, 0.5) is 0 Å². The average molecular weight is 383 g/mol. The predicted molar refractivity (Wildman–Crippen MR) is 113 cm³/mol. The second-order valence-electron chi connectivity index (χ2n) is 8.13. The summed E-state index contributed by atoms with van der Waals surface area (Å²) < 4.78 is 0. The number of carbonyl (C=O) groups is 1. The van der Waals surface area contributed by atoms with Crippen LogP contribution < -0.4 is 5.32 Å². The van der Waals surface area contributed by atoms with Crippen molar-refractivity contribution in [3.05, 3.63) is 60.6 Å². The predicted octanol–water partition coefficient (Wildman–Crippen LogP) is 3.36. The number of nitrogens with one attached hydrogen (secondary N) is 2. The number of amides is 1. The smallest absolute Gasteiger partial charge is 0.254 e. The molecule has 0 atom stereocenters. The van der Waals surface area contributed by atoms with Crippen molar-refractivity contribution in [1.29, 1.82) is 0 Å². The van der Waals surface area contributed by atoms with Crippen molar-refractivity contribution in [2.24, 2.45) is 0 Å². The molecule has 1 aliphatic heterocycles. The van der Waals surface area contributed by atoms with Gasteiger partial charge in [-0.1, -0.05) is 6.07 Å². The van der Waals surface area contributed by atoms with E-state index >= 15 is 0 Å². The number of carbonyl (C=O) groups excluding carboxylic acids is 1. The Morgan fingerprint density at radius 3 is 2.90 bits per heavy atom. The Morgan fingerprint density at radius 1 is 1.07 bits per heavy atom. The van der Waals surface area contributed by atoms with Crippen molar-refractivity contribution in [3.63, 3.8) is 0 Å². The van der Waals surface area contributed by atoms with Crippen LogP contribution in [0.5, 0.6) is 0 Å².